The van der Waals surface area contributed by atoms with E-state index in [4.69, 9.17) is 5.73 Å². The molecule has 0 aliphatic carbocycles. The maximum absolute atomic E-state index is 5.75. The van der Waals surface area contributed by atoms with Crippen LogP contribution in [0.4, 0.5) is 0 Å². The van der Waals surface area contributed by atoms with Gasteiger partial charge in [-0.25, -0.2) is 0 Å². The number of rotatable bonds is 11. The largest absolute Gasteiger partial charge is 0.330 e. The molecule has 0 radical (unpaired) electrons. The summed E-state index contributed by atoms with van der Waals surface area (Å²) in [4.78, 5) is 2.52. The average molecular weight is 486 g/mol. The van der Waals surface area contributed by atoms with E-state index in [0.29, 0.717) is 6.54 Å². The summed E-state index contributed by atoms with van der Waals surface area (Å²) in [5.41, 5.74) is 14.8. The zero-order valence-electron chi connectivity index (χ0n) is 22.6. The van der Waals surface area contributed by atoms with Crippen LogP contribution in [0.1, 0.15) is 84.8 Å². The smallest absolute Gasteiger partial charge is 0.0256 e. The van der Waals surface area contributed by atoms with E-state index in [1.54, 1.807) is 0 Å². The van der Waals surface area contributed by atoms with Crippen LogP contribution in [-0.2, 0) is 6.42 Å². The van der Waals surface area contributed by atoms with Crippen LogP contribution in [0.15, 0.2) is 81.1 Å². The Morgan fingerprint density at radius 2 is 1.69 bits per heavy atom. The third kappa shape index (κ3) is 9.60. The predicted molar refractivity (Wildman–Crippen MR) is 158 cm³/mol. The number of nitrogens with two attached hydrogens (primary N) is 1. The Bertz CT molecular complexity index is 1100. The molecule has 2 aromatic rings. The number of unbranched alkanes of at least 4 members (excludes halogenated alkanes) is 1. The van der Waals surface area contributed by atoms with Crippen LogP contribution in [0.3, 0.4) is 0 Å². The minimum Gasteiger partial charge on any atom is -0.330 e. The Morgan fingerprint density at radius 1 is 0.943 bits per heavy atom. The third-order valence-electron chi connectivity index (χ3n) is 6.12. The summed E-state index contributed by atoms with van der Waals surface area (Å²) in [6, 6.07) is 15.5. The molecule has 0 unspecified atom stereocenters. The van der Waals surface area contributed by atoms with E-state index in [9.17, 15) is 0 Å². The lowest BCUT2D eigenvalue weighted by Gasteiger charge is -2.13. The van der Waals surface area contributed by atoms with Gasteiger partial charge in [-0.05, 0) is 94.0 Å². The predicted octanol–water partition coefficient (Wildman–Crippen LogP) is 9.48. The minimum atomic E-state index is 0.674. The van der Waals surface area contributed by atoms with E-state index in [-0.39, 0.29) is 0 Å². The number of hydrogen-bond acceptors (Lipinski definition) is 2. The Morgan fingerprint density at radius 3 is 2.31 bits per heavy atom. The lowest BCUT2D eigenvalue weighted by atomic mass is 10.0. The maximum atomic E-state index is 5.75. The topological polar surface area (TPSA) is 26.0 Å². The monoisotopic (exact) mass is 485 g/mol. The lowest BCUT2D eigenvalue weighted by Crippen LogP contribution is -2.02. The third-order valence-corrected chi connectivity index (χ3v) is 7.15. The fourth-order valence-corrected chi connectivity index (χ4v) is 4.94. The highest BCUT2D eigenvalue weighted by Crippen LogP contribution is 2.38. The first-order chi connectivity index (χ1) is 16.9. The summed E-state index contributed by atoms with van der Waals surface area (Å²) in [5, 5.41) is 0. The first kappa shape index (κ1) is 28.8. The molecule has 0 atom stereocenters. The second kappa shape index (κ2) is 15.5. The van der Waals surface area contributed by atoms with Gasteiger partial charge in [0.05, 0.1) is 0 Å². The molecule has 0 spiro atoms. The van der Waals surface area contributed by atoms with E-state index in [0.717, 1.165) is 37.7 Å². The van der Waals surface area contributed by atoms with Gasteiger partial charge < -0.3 is 5.73 Å². The molecule has 1 nitrogen and oxygen atoms in total. The van der Waals surface area contributed by atoms with Crippen LogP contribution in [-0.4, -0.2) is 6.54 Å². The van der Waals surface area contributed by atoms with Crippen molar-refractivity contribution in [2.75, 3.05) is 6.54 Å². The highest BCUT2D eigenvalue weighted by molar-refractivity contribution is 8.03. The molecule has 35 heavy (non-hydrogen) atoms. The van der Waals surface area contributed by atoms with Crippen molar-refractivity contribution >= 4 is 11.8 Å². The van der Waals surface area contributed by atoms with Crippen LogP contribution in [0, 0.1) is 11.8 Å². The van der Waals surface area contributed by atoms with Gasteiger partial charge in [-0.15, -0.1) is 0 Å². The average Bonchev–Trinajstić information content (AvgIpc) is 2.85. The molecule has 186 valence electrons. The molecule has 2 heteroatoms. The van der Waals surface area contributed by atoms with Gasteiger partial charge in [-0.1, -0.05) is 97.8 Å². The highest BCUT2D eigenvalue weighted by Gasteiger charge is 2.10. The normalized spacial score (nSPS) is 12.8. The fraction of sp³-hybridized carbons (Fsp3) is 0.394. The SMILES string of the molecule is CCCC#Cc1ccc(-c2ccc(CCN)cc2)c(SC(/C=C(\C)CC)=C/C(C)=C(\C)CCC)c1. The van der Waals surface area contributed by atoms with E-state index in [2.05, 4.69) is 108 Å². The first-order valence-electron chi connectivity index (χ1n) is 13.1. The molecule has 0 amide bonds. The molecule has 0 aromatic heterocycles. The quantitative estimate of drug-likeness (QED) is 0.195. The van der Waals surface area contributed by atoms with Gasteiger partial charge in [0.25, 0.3) is 0 Å². The van der Waals surface area contributed by atoms with Crippen LogP contribution >= 0.6 is 11.8 Å². The number of benzene rings is 2. The van der Waals surface area contributed by atoms with Crippen molar-refractivity contribution in [2.45, 2.75) is 85.0 Å². The summed E-state index contributed by atoms with van der Waals surface area (Å²) in [5.74, 6) is 6.68. The minimum absolute atomic E-state index is 0.674. The van der Waals surface area contributed by atoms with Crippen molar-refractivity contribution < 1.29 is 0 Å². The summed E-state index contributed by atoms with van der Waals surface area (Å²) < 4.78 is 0. The summed E-state index contributed by atoms with van der Waals surface area (Å²) in [7, 11) is 0. The van der Waals surface area contributed by atoms with E-state index < -0.39 is 0 Å². The molecule has 2 aromatic carbocycles. The number of allylic oxidation sites excluding steroid dienone is 5. The molecule has 2 N–H and O–H groups in total. The summed E-state index contributed by atoms with van der Waals surface area (Å²) in [6.45, 7) is 14.0. The molecule has 2 rings (SSSR count). The van der Waals surface area contributed by atoms with Crippen LogP contribution in [0.25, 0.3) is 11.1 Å². The Kier molecular flexibility index (Phi) is 12.7. The van der Waals surface area contributed by atoms with Gasteiger partial charge in [0, 0.05) is 21.8 Å². The maximum Gasteiger partial charge on any atom is 0.0256 e. The zero-order chi connectivity index (χ0) is 25.6. The van der Waals surface area contributed by atoms with Crippen LogP contribution in [0.5, 0.6) is 0 Å². The fourth-order valence-electron chi connectivity index (χ4n) is 3.71. The van der Waals surface area contributed by atoms with Crippen molar-refractivity contribution in [3.8, 4) is 23.0 Å². The van der Waals surface area contributed by atoms with Gasteiger partial charge in [0.15, 0.2) is 0 Å². The molecule has 0 heterocycles. The summed E-state index contributed by atoms with van der Waals surface area (Å²) in [6.07, 6.45) is 11.0. The molecule has 0 bridgehead atoms. The van der Waals surface area contributed by atoms with Crippen molar-refractivity contribution in [3.05, 3.63) is 87.4 Å². The Labute approximate surface area is 219 Å². The molecule has 0 fully saturated rings. The van der Waals surface area contributed by atoms with E-state index in [1.165, 1.54) is 49.6 Å². The molecule has 0 saturated carbocycles. The van der Waals surface area contributed by atoms with Crippen LogP contribution in [0.2, 0.25) is 0 Å². The number of hydrogen-bond donors (Lipinski definition) is 1. The van der Waals surface area contributed by atoms with Crippen molar-refractivity contribution in [1.82, 2.24) is 0 Å². The first-order valence-corrected chi connectivity index (χ1v) is 13.9. The standard InChI is InChI=1S/C33H43NS/c1-7-10-11-13-29-16-19-32(30-17-14-28(15-18-30)20-21-34)33(24-29)35-31(22-25(4)9-3)23-27(6)26(5)12-8-2/h14-19,22-24H,7-10,12,20-21,34H2,1-6H3/b25-22+,27-26+,31-23+. The molecule has 0 saturated heterocycles. The van der Waals surface area contributed by atoms with Gasteiger partial charge in [-0.2, -0.15) is 0 Å². The Balaban J connectivity index is 2.59. The molecular weight excluding hydrogens is 442 g/mol. The van der Waals surface area contributed by atoms with E-state index in [1.807, 2.05) is 11.8 Å². The highest BCUT2D eigenvalue weighted by atomic mass is 32.2. The number of thioether (sulfide) groups is 1. The molecule has 0 aliphatic rings. The zero-order valence-corrected chi connectivity index (χ0v) is 23.4. The van der Waals surface area contributed by atoms with Gasteiger partial charge in [-0.3, -0.25) is 0 Å². The summed E-state index contributed by atoms with van der Waals surface area (Å²) >= 11 is 1.85. The molecule has 0 aliphatic heterocycles. The molecular formula is C33H43NS. The van der Waals surface area contributed by atoms with Gasteiger partial charge >= 0.3 is 0 Å². The lowest BCUT2D eigenvalue weighted by molar-refractivity contribution is 0.895. The van der Waals surface area contributed by atoms with Crippen molar-refractivity contribution in [3.63, 3.8) is 0 Å². The second-order valence-corrected chi connectivity index (χ2v) is 10.3. The van der Waals surface area contributed by atoms with Crippen molar-refractivity contribution in [1.29, 1.82) is 0 Å². The van der Waals surface area contributed by atoms with Gasteiger partial charge in [0.1, 0.15) is 0 Å². The Hall–Kier alpha value is -2.47. The van der Waals surface area contributed by atoms with Crippen molar-refractivity contribution in [2.24, 2.45) is 5.73 Å². The van der Waals surface area contributed by atoms with Crippen LogP contribution < -0.4 is 5.73 Å². The second-order valence-electron chi connectivity index (χ2n) is 9.20. The van der Waals surface area contributed by atoms with Gasteiger partial charge in [0.2, 0.25) is 0 Å². The van der Waals surface area contributed by atoms with E-state index >= 15 is 0 Å².